The Morgan fingerprint density at radius 3 is 2.50 bits per heavy atom. The zero-order valence-electron chi connectivity index (χ0n) is 22.3. The molecule has 3 aromatic carbocycles. The average molecular weight is 710 g/mol. The molecule has 0 aromatic heterocycles. The predicted molar refractivity (Wildman–Crippen MR) is 174 cm³/mol. The number of amides is 4. The number of anilines is 2. The van der Waals surface area contributed by atoms with Crippen molar-refractivity contribution in [3.8, 4) is 11.5 Å². The molecule has 0 bridgehead atoms. The molecule has 0 aliphatic carbocycles. The van der Waals surface area contributed by atoms with E-state index in [1.165, 1.54) is 19.2 Å². The summed E-state index contributed by atoms with van der Waals surface area (Å²) >= 11 is 21.7. The van der Waals surface area contributed by atoms with E-state index in [9.17, 15) is 14.4 Å². The second-order valence-corrected chi connectivity index (χ2v) is 12.1. The number of methoxy groups -OCH3 is 1. The van der Waals surface area contributed by atoms with Crippen molar-refractivity contribution in [2.45, 2.75) is 13.8 Å². The van der Waals surface area contributed by atoms with Crippen molar-refractivity contribution in [2.75, 3.05) is 24.4 Å². The fourth-order valence-corrected chi connectivity index (χ4v) is 5.60. The maximum atomic E-state index is 13.0. The molecule has 9 nitrogen and oxygen atoms in total. The number of rotatable bonds is 8. The molecule has 3 N–H and O–H groups in total. The summed E-state index contributed by atoms with van der Waals surface area (Å²) in [6.45, 7) is 3.65. The molecule has 4 rings (SSSR count). The molecule has 0 unspecified atom stereocenters. The molecular weight excluding hydrogens is 687 g/mol. The molecule has 3 aromatic rings. The maximum absolute atomic E-state index is 13.0. The number of carbonyl (C=O) groups excluding carboxylic acids is 3. The van der Waals surface area contributed by atoms with E-state index in [1.807, 2.05) is 26.0 Å². The summed E-state index contributed by atoms with van der Waals surface area (Å²) in [6.07, 6.45) is 1.61. The van der Waals surface area contributed by atoms with Gasteiger partial charge >= 0.3 is 6.03 Å². The van der Waals surface area contributed by atoms with E-state index in [0.29, 0.717) is 33.5 Å². The molecular formula is C28H23BrCl2N4O5S2. The fourth-order valence-electron chi connectivity index (χ4n) is 3.70. The van der Waals surface area contributed by atoms with Crippen LogP contribution in [0.3, 0.4) is 0 Å². The van der Waals surface area contributed by atoms with Crippen molar-refractivity contribution >= 4 is 103 Å². The fraction of sp³-hybridized carbons (Fsp3) is 0.143. The summed E-state index contributed by atoms with van der Waals surface area (Å²) in [5.74, 6) is -0.127. The van der Waals surface area contributed by atoms with Gasteiger partial charge in [-0.05, 0) is 91.3 Å². The highest BCUT2D eigenvalue weighted by atomic mass is 79.9. The van der Waals surface area contributed by atoms with Gasteiger partial charge < -0.3 is 20.1 Å². The molecule has 0 atom stereocenters. The Hall–Kier alpha value is -3.29. The molecule has 0 radical (unpaired) electrons. The normalized spacial score (nSPS) is 13.8. The molecule has 42 heavy (non-hydrogen) atoms. The quantitative estimate of drug-likeness (QED) is 0.166. The van der Waals surface area contributed by atoms with Gasteiger partial charge in [-0.1, -0.05) is 57.0 Å². The molecule has 0 spiro atoms. The Bertz CT molecular complexity index is 1640. The van der Waals surface area contributed by atoms with E-state index < -0.39 is 11.9 Å². The highest BCUT2D eigenvalue weighted by Crippen LogP contribution is 2.34. The van der Waals surface area contributed by atoms with Crippen molar-refractivity contribution in [1.82, 2.24) is 10.4 Å². The molecule has 14 heteroatoms. The number of hydrazine groups is 1. The number of carbonyl (C=O) groups is 3. The van der Waals surface area contributed by atoms with Crippen LogP contribution in [0.25, 0.3) is 6.08 Å². The number of hydrogen-bond donors (Lipinski definition) is 3. The summed E-state index contributed by atoms with van der Waals surface area (Å²) in [6, 6.07) is 12.6. The molecule has 218 valence electrons. The topological polar surface area (TPSA) is 109 Å². The zero-order valence-corrected chi connectivity index (χ0v) is 27.1. The minimum Gasteiger partial charge on any atom is -0.493 e. The van der Waals surface area contributed by atoms with Gasteiger partial charge in [0.05, 0.1) is 22.1 Å². The van der Waals surface area contributed by atoms with Crippen LogP contribution >= 0.6 is 63.1 Å². The van der Waals surface area contributed by atoms with Crippen molar-refractivity contribution in [3.63, 3.8) is 0 Å². The van der Waals surface area contributed by atoms with E-state index in [0.717, 1.165) is 32.4 Å². The zero-order chi connectivity index (χ0) is 30.6. The average Bonchev–Trinajstić information content (AvgIpc) is 3.21. The Balaban J connectivity index is 1.38. The smallest absolute Gasteiger partial charge is 0.338 e. The summed E-state index contributed by atoms with van der Waals surface area (Å²) in [5, 5.41) is 7.00. The van der Waals surface area contributed by atoms with Gasteiger partial charge in [-0.25, -0.2) is 10.2 Å². The first-order valence-corrected chi connectivity index (χ1v) is 14.9. The van der Waals surface area contributed by atoms with E-state index in [4.69, 9.17) is 44.9 Å². The first-order chi connectivity index (χ1) is 20.0. The lowest BCUT2D eigenvalue weighted by atomic mass is 10.1. The number of ether oxygens (including phenoxy) is 2. The second-order valence-electron chi connectivity index (χ2n) is 8.80. The number of thiocarbonyl (C=S) groups is 1. The number of nitrogens with zero attached hydrogens (tertiary/aromatic N) is 1. The summed E-state index contributed by atoms with van der Waals surface area (Å²) in [5.41, 5.74) is 6.11. The Morgan fingerprint density at radius 2 is 1.79 bits per heavy atom. The predicted octanol–water partition coefficient (Wildman–Crippen LogP) is 7.34. The van der Waals surface area contributed by atoms with Crippen molar-refractivity contribution in [1.29, 1.82) is 0 Å². The Kier molecular flexibility index (Phi) is 10.4. The van der Waals surface area contributed by atoms with Gasteiger partial charge in [-0.2, -0.15) is 5.01 Å². The lowest BCUT2D eigenvalue weighted by Gasteiger charge is -2.16. The van der Waals surface area contributed by atoms with Crippen LogP contribution in [0, 0.1) is 13.8 Å². The molecule has 4 amide bonds. The van der Waals surface area contributed by atoms with Crippen molar-refractivity contribution < 1.29 is 23.9 Å². The molecule has 1 aliphatic heterocycles. The highest BCUT2D eigenvalue weighted by molar-refractivity contribution is 9.10. The lowest BCUT2D eigenvalue weighted by molar-refractivity contribution is -0.123. The van der Waals surface area contributed by atoms with Crippen LogP contribution in [-0.2, 0) is 9.59 Å². The largest absolute Gasteiger partial charge is 0.493 e. The maximum Gasteiger partial charge on any atom is 0.338 e. The summed E-state index contributed by atoms with van der Waals surface area (Å²) in [4.78, 5) is 38.3. The van der Waals surface area contributed by atoms with E-state index in [2.05, 4.69) is 32.0 Å². The van der Waals surface area contributed by atoms with E-state index >= 15 is 0 Å². The lowest BCUT2D eigenvalue weighted by Crippen LogP contribution is -2.46. The minimum atomic E-state index is -0.691. The van der Waals surface area contributed by atoms with Gasteiger partial charge in [0.25, 0.3) is 11.8 Å². The Labute approximate surface area is 270 Å². The summed E-state index contributed by atoms with van der Waals surface area (Å²) in [7, 11) is 1.47. The van der Waals surface area contributed by atoms with Crippen LogP contribution in [-0.4, -0.2) is 40.9 Å². The van der Waals surface area contributed by atoms with Crippen LogP contribution in [0.5, 0.6) is 11.5 Å². The van der Waals surface area contributed by atoms with Crippen molar-refractivity contribution in [2.24, 2.45) is 0 Å². The van der Waals surface area contributed by atoms with Crippen LogP contribution in [0.1, 0.15) is 16.7 Å². The number of thioether (sulfide) groups is 1. The van der Waals surface area contributed by atoms with Crippen LogP contribution in [0.4, 0.5) is 16.2 Å². The van der Waals surface area contributed by atoms with Crippen molar-refractivity contribution in [3.05, 3.63) is 84.6 Å². The summed E-state index contributed by atoms with van der Waals surface area (Å²) < 4.78 is 12.2. The van der Waals surface area contributed by atoms with Crippen LogP contribution in [0.2, 0.25) is 10.0 Å². The number of halogens is 3. The van der Waals surface area contributed by atoms with Gasteiger partial charge in [0, 0.05) is 15.8 Å². The molecule has 1 heterocycles. The Morgan fingerprint density at radius 1 is 1.02 bits per heavy atom. The molecule has 1 aliphatic rings. The van der Waals surface area contributed by atoms with Gasteiger partial charge in [-0.15, -0.1) is 0 Å². The molecule has 0 saturated carbocycles. The number of nitrogens with one attached hydrogen (secondary N) is 3. The van der Waals surface area contributed by atoms with Crippen LogP contribution < -0.4 is 25.5 Å². The first-order valence-electron chi connectivity index (χ1n) is 12.1. The van der Waals surface area contributed by atoms with Gasteiger partial charge in [0.1, 0.15) is 0 Å². The second kappa shape index (κ2) is 13.8. The SMILES string of the molecule is COc1cc(/C=C2/SC(=S)N(NC(=O)Nc3ccc(Cl)c(Cl)c3)C2=O)ccc1OCC(=O)Nc1ccc(Br)c(C)c1C. The molecule has 1 saturated heterocycles. The van der Waals surface area contributed by atoms with Gasteiger partial charge in [-0.3, -0.25) is 9.59 Å². The van der Waals surface area contributed by atoms with Gasteiger partial charge in [0.15, 0.2) is 22.4 Å². The third-order valence-electron chi connectivity index (χ3n) is 6.02. The minimum absolute atomic E-state index is 0.143. The van der Waals surface area contributed by atoms with E-state index in [-0.39, 0.29) is 26.8 Å². The number of hydrogen-bond acceptors (Lipinski definition) is 7. The first kappa shape index (κ1) is 31.6. The standard InChI is InChI=1S/C28H23BrCl2N4O5S2/c1-14-15(2)21(8-6-18(14)29)33-25(36)13-40-22-9-4-16(10-23(22)39-3)11-24-26(37)35(28(41)42-24)34-27(38)32-17-5-7-19(30)20(31)12-17/h4-12H,13H2,1-3H3,(H,33,36)(H2,32,34,38)/b24-11+. The van der Waals surface area contributed by atoms with Crippen LogP contribution in [0.15, 0.2) is 57.9 Å². The van der Waals surface area contributed by atoms with E-state index in [1.54, 1.807) is 30.3 Å². The highest BCUT2D eigenvalue weighted by Gasteiger charge is 2.33. The van der Waals surface area contributed by atoms with Gasteiger partial charge in [0.2, 0.25) is 0 Å². The number of urea groups is 1. The third-order valence-corrected chi connectivity index (χ3v) is 8.92. The molecule has 1 fully saturated rings. The third kappa shape index (κ3) is 7.56. The number of benzene rings is 3. The monoisotopic (exact) mass is 708 g/mol.